The molecule has 1 aromatic rings. The summed E-state index contributed by atoms with van der Waals surface area (Å²) in [5.74, 6) is -2.70. The number of carbonyl (C=O) groups excluding carboxylic acids is 1. The van der Waals surface area contributed by atoms with Crippen LogP contribution in [-0.4, -0.2) is 16.8 Å². The van der Waals surface area contributed by atoms with E-state index in [1.807, 2.05) is 13.8 Å². The Labute approximate surface area is 114 Å². The zero-order valence-electron chi connectivity index (χ0n) is 10.4. The maximum atomic E-state index is 13.5. The molecule has 1 amide bonds. The number of halogens is 3. The van der Waals surface area contributed by atoms with Gasteiger partial charge >= 0.3 is 0 Å². The van der Waals surface area contributed by atoms with Gasteiger partial charge in [-0.2, -0.15) is 0 Å². The molecule has 1 aromatic carbocycles. The Morgan fingerprint density at radius 1 is 1.44 bits per heavy atom. The Kier molecular flexibility index (Phi) is 5.26. The number of hydrogen-bond donors (Lipinski definition) is 1. The Hall–Kier alpha value is -0.970. The summed E-state index contributed by atoms with van der Waals surface area (Å²) in [5, 5.41) is 3.48. The van der Waals surface area contributed by atoms with E-state index < -0.39 is 23.1 Å². The molecule has 0 saturated carbocycles. The standard InChI is InChI=1S/C13H16BrF2NO/c1-3-13(2,7-8-14)17-12(18)9-5-4-6-10(15)11(9)16/h4-6H,3,7-8H2,1-2H3,(H,17,18). The van der Waals surface area contributed by atoms with Crippen molar-refractivity contribution in [3.05, 3.63) is 35.4 Å². The molecule has 2 nitrogen and oxygen atoms in total. The fraction of sp³-hybridized carbons (Fsp3) is 0.462. The fourth-order valence-corrected chi connectivity index (χ4v) is 2.43. The van der Waals surface area contributed by atoms with Gasteiger partial charge in [-0.1, -0.05) is 28.9 Å². The van der Waals surface area contributed by atoms with E-state index in [0.717, 1.165) is 11.4 Å². The normalized spacial score (nSPS) is 14.1. The molecule has 0 spiro atoms. The van der Waals surface area contributed by atoms with Gasteiger partial charge in [-0.15, -0.1) is 0 Å². The lowest BCUT2D eigenvalue weighted by Gasteiger charge is -2.29. The minimum atomic E-state index is -1.10. The van der Waals surface area contributed by atoms with Gasteiger partial charge in [-0.25, -0.2) is 8.78 Å². The summed E-state index contributed by atoms with van der Waals surface area (Å²) in [7, 11) is 0. The largest absolute Gasteiger partial charge is 0.347 e. The van der Waals surface area contributed by atoms with E-state index in [-0.39, 0.29) is 5.56 Å². The third-order valence-corrected chi connectivity index (χ3v) is 3.43. The maximum Gasteiger partial charge on any atom is 0.254 e. The van der Waals surface area contributed by atoms with Crippen molar-refractivity contribution >= 4 is 21.8 Å². The van der Waals surface area contributed by atoms with Gasteiger partial charge in [0.25, 0.3) is 5.91 Å². The molecule has 1 N–H and O–H groups in total. The topological polar surface area (TPSA) is 29.1 Å². The SMILES string of the molecule is CCC(C)(CCBr)NC(=O)c1cccc(F)c1F. The first kappa shape index (κ1) is 15.1. The molecule has 0 heterocycles. The van der Waals surface area contributed by atoms with Crippen molar-refractivity contribution in [2.24, 2.45) is 0 Å². The van der Waals surface area contributed by atoms with Gasteiger partial charge in [0.05, 0.1) is 5.56 Å². The van der Waals surface area contributed by atoms with Crippen molar-refractivity contribution in [2.45, 2.75) is 32.2 Å². The van der Waals surface area contributed by atoms with Crippen molar-refractivity contribution < 1.29 is 13.6 Å². The van der Waals surface area contributed by atoms with E-state index in [0.29, 0.717) is 12.8 Å². The van der Waals surface area contributed by atoms with E-state index in [1.165, 1.54) is 12.1 Å². The molecule has 0 saturated heterocycles. The van der Waals surface area contributed by atoms with Gasteiger partial charge in [0.2, 0.25) is 0 Å². The van der Waals surface area contributed by atoms with Gasteiger partial charge < -0.3 is 5.32 Å². The van der Waals surface area contributed by atoms with Crippen LogP contribution in [-0.2, 0) is 0 Å². The molecular weight excluding hydrogens is 304 g/mol. The van der Waals surface area contributed by atoms with Crippen molar-refractivity contribution in [1.82, 2.24) is 5.32 Å². The zero-order valence-corrected chi connectivity index (χ0v) is 12.0. The van der Waals surface area contributed by atoms with Crippen LogP contribution in [0.5, 0.6) is 0 Å². The van der Waals surface area contributed by atoms with Crippen molar-refractivity contribution in [3.63, 3.8) is 0 Å². The average molecular weight is 320 g/mol. The lowest BCUT2D eigenvalue weighted by Crippen LogP contribution is -2.46. The third-order valence-electron chi connectivity index (χ3n) is 3.04. The summed E-state index contributed by atoms with van der Waals surface area (Å²) >= 11 is 3.31. The highest BCUT2D eigenvalue weighted by Crippen LogP contribution is 2.18. The maximum absolute atomic E-state index is 13.5. The summed E-state index contributed by atoms with van der Waals surface area (Å²) in [6.45, 7) is 3.81. The summed E-state index contributed by atoms with van der Waals surface area (Å²) in [6.07, 6.45) is 1.42. The van der Waals surface area contributed by atoms with Gasteiger partial charge in [-0.05, 0) is 31.9 Å². The Morgan fingerprint density at radius 2 is 2.11 bits per heavy atom. The van der Waals surface area contributed by atoms with Crippen LogP contribution in [0.2, 0.25) is 0 Å². The lowest BCUT2D eigenvalue weighted by atomic mass is 9.95. The first-order chi connectivity index (χ1) is 8.43. The van der Waals surface area contributed by atoms with Crippen molar-refractivity contribution in [3.8, 4) is 0 Å². The monoisotopic (exact) mass is 319 g/mol. The lowest BCUT2D eigenvalue weighted by molar-refractivity contribution is 0.0896. The van der Waals surface area contributed by atoms with Crippen LogP contribution >= 0.6 is 15.9 Å². The quantitative estimate of drug-likeness (QED) is 0.825. The first-order valence-corrected chi connectivity index (χ1v) is 6.88. The molecule has 0 aromatic heterocycles. The molecule has 5 heteroatoms. The predicted octanol–water partition coefficient (Wildman–Crippen LogP) is 3.65. The van der Waals surface area contributed by atoms with Crippen LogP contribution in [0.15, 0.2) is 18.2 Å². The minimum absolute atomic E-state index is 0.260. The van der Waals surface area contributed by atoms with Crippen LogP contribution in [0.4, 0.5) is 8.78 Å². The Morgan fingerprint density at radius 3 is 2.67 bits per heavy atom. The summed E-state index contributed by atoms with van der Waals surface area (Å²) in [5.41, 5.74) is -0.691. The predicted molar refractivity (Wildman–Crippen MR) is 70.9 cm³/mol. The van der Waals surface area contributed by atoms with Gasteiger partial charge in [0.15, 0.2) is 11.6 Å². The van der Waals surface area contributed by atoms with E-state index in [9.17, 15) is 13.6 Å². The smallest absolute Gasteiger partial charge is 0.254 e. The molecule has 18 heavy (non-hydrogen) atoms. The van der Waals surface area contributed by atoms with Crippen LogP contribution < -0.4 is 5.32 Å². The second-order valence-electron chi connectivity index (χ2n) is 4.41. The van der Waals surface area contributed by atoms with E-state index in [2.05, 4.69) is 21.2 Å². The number of carbonyl (C=O) groups is 1. The Balaban J connectivity index is 2.91. The molecule has 0 aliphatic heterocycles. The molecule has 0 radical (unpaired) electrons. The molecule has 0 aliphatic rings. The number of rotatable bonds is 5. The van der Waals surface area contributed by atoms with Crippen molar-refractivity contribution in [2.75, 3.05) is 5.33 Å². The summed E-state index contributed by atoms with van der Waals surface area (Å²) in [4.78, 5) is 11.9. The number of hydrogen-bond acceptors (Lipinski definition) is 1. The van der Waals surface area contributed by atoms with Gasteiger partial charge in [0, 0.05) is 10.9 Å². The number of nitrogens with one attached hydrogen (secondary N) is 1. The fourth-order valence-electron chi connectivity index (χ4n) is 1.56. The van der Waals surface area contributed by atoms with Gasteiger partial charge in [0.1, 0.15) is 0 Å². The average Bonchev–Trinajstić information content (AvgIpc) is 2.32. The second-order valence-corrected chi connectivity index (χ2v) is 5.20. The van der Waals surface area contributed by atoms with Gasteiger partial charge in [-0.3, -0.25) is 4.79 Å². The zero-order chi connectivity index (χ0) is 13.8. The molecule has 1 rings (SSSR count). The molecule has 0 fully saturated rings. The van der Waals surface area contributed by atoms with E-state index >= 15 is 0 Å². The van der Waals surface area contributed by atoms with Crippen LogP contribution in [0.25, 0.3) is 0 Å². The number of benzene rings is 1. The van der Waals surface area contributed by atoms with E-state index in [4.69, 9.17) is 0 Å². The highest BCUT2D eigenvalue weighted by atomic mass is 79.9. The van der Waals surface area contributed by atoms with Crippen LogP contribution in [0.3, 0.4) is 0 Å². The third kappa shape index (κ3) is 3.51. The number of alkyl halides is 1. The first-order valence-electron chi connectivity index (χ1n) is 5.76. The number of amides is 1. The molecule has 0 bridgehead atoms. The molecule has 0 aliphatic carbocycles. The van der Waals surface area contributed by atoms with Crippen LogP contribution in [0, 0.1) is 11.6 Å². The molecule has 1 unspecified atom stereocenters. The van der Waals surface area contributed by atoms with Crippen LogP contribution in [0.1, 0.15) is 37.0 Å². The summed E-state index contributed by atoms with van der Waals surface area (Å²) in [6, 6.07) is 3.59. The molecule has 1 atom stereocenters. The summed E-state index contributed by atoms with van der Waals surface area (Å²) < 4.78 is 26.5. The second kappa shape index (κ2) is 6.27. The minimum Gasteiger partial charge on any atom is -0.347 e. The Bertz CT molecular complexity index is 439. The highest BCUT2D eigenvalue weighted by molar-refractivity contribution is 9.09. The molecule has 100 valence electrons. The highest BCUT2D eigenvalue weighted by Gasteiger charge is 2.25. The van der Waals surface area contributed by atoms with E-state index in [1.54, 1.807) is 0 Å². The molecular formula is C13H16BrF2NO. The van der Waals surface area contributed by atoms with Crippen molar-refractivity contribution in [1.29, 1.82) is 0 Å².